The van der Waals surface area contributed by atoms with Gasteiger partial charge in [-0.3, -0.25) is 4.79 Å². The van der Waals surface area contributed by atoms with Crippen molar-refractivity contribution < 1.29 is 4.79 Å². The average Bonchev–Trinajstić information content (AvgIpc) is 2.58. The molecule has 0 aromatic carbocycles. The standard InChI is InChI=1S/C8H15N5O/c1-9-8(14)5-10-4-3-7-12-11-6-13(7)2/h6,10H,3-5H2,1-2H3,(H,9,14). The summed E-state index contributed by atoms with van der Waals surface area (Å²) in [5.74, 6) is 0.900. The first-order valence-corrected chi connectivity index (χ1v) is 4.48. The highest BCUT2D eigenvalue weighted by atomic mass is 16.1. The van der Waals surface area contributed by atoms with E-state index < -0.39 is 0 Å². The SMILES string of the molecule is CNC(=O)CNCCc1nncn1C. The van der Waals surface area contributed by atoms with Crippen molar-refractivity contribution in [2.45, 2.75) is 6.42 Å². The number of aryl methyl sites for hydroxylation is 1. The number of carbonyl (C=O) groups excluding carboxylic acids is 1. The summed E-state index contributed by atoms with van der Waals surface area (Å²) in [6.45, 7) is 1.06. The molecule has 1 heterocycles. The first-order valence-electron chi connectivity index (χ1n) is 4.48. The highest BCUT2D eigenvalue weighted by Gasteiger charge is 2.00. The second-order valence-electron chi connectivity index (χ2n) is 2.96. The Kier molecular flexibility index (Phi) is 4.06. The van der Waals surface area contributed by atoms with E-state index in [1.165, 1.54) is 0 Å². The molecule has 0 unspecified atom stereocenters. The summed E-state index contributed by atoms with van der Waals surface area (Å²) in [5, 5.41) is 13.2. The molecule has 1 amide bonds. The van der Waals surface area contributed by atoms with Crippen LogP contribution >= 0.6 is 0 Å². The lowest BCUT2D eigenvalue weighted by Crippen LogP contribution is -2.32. The predicted molar refractivity (Wildman–Crippen MR) is 51.6 cm³/mol. The van der Waals surface area contributed by atoms with Gasteiger partial charge in [0.05, 0.1) is 6.54 Å². The third-order valence-electron chi connectivity index (χ3n) is 1.89. The molecule has 0 saturated heterocycles. The summed E-state index contributed by atoms with van der Waals surface area (Å²) in [5.41, 5.74) is 0. The molecule has 2 N–H and O–H groups in total. The van der Waals surface area contributed by atoms with Crippen LogP contribution in [0.1, 0.15) is 5.82 Å². The van der Waals surface area contributed by atoms with Gasteiger partial charge in [-0.1, -0.05) is 0 Å². The van der Waals surface area contributed by atoms with Gasteiger partial charge in [0, 0.05) is 27.1 Å². The van der Waals surface area contributed by atoms with Gasteiger partial charge < -0.3 is 15.2 Å². The van der Waals surface area contributed by atoms with Crippen LogP contribution in [0.4, 0.5) is 0 Å². The molecule has 0 spiro atoms. The van der Waals surface area contributed by atoms with Crippen LogP contribution in [0.25, 0.3) is 0 Å². The lowest BCUT2D eigenvalue weighted by molar-refractivity contribution is -0.119. The number of nitrogens with zero attached hydrogens (tertiary/aromatic N) is 3. The van der Waals surface area contributed by atoms with E-state index in [9.17, 15) is 4.79 Å². The Morgan fingerprint density at radius 2 is 2.43 bits per heavy atom. The molecule has 6 nitrogen and oxygen atoms in total. The second kappa shape index (κ2) is 5.33. The summed E-state index contributed by atoms with van der Waals surface area (Å²) in [6, 6.07) is 0. The predicted octanol–water partition coefficient (Wildman–Crippen LogP) is -1.31. The summed E-state index contributed by atoms with van der Waals surface area (Å²) >= 11 is 0. The van der Waals surface area contributed by atoms with Gasteiger partial charge >= 0.3 is 0 Å². The van der Waals surface area contributed by atoms with E-state index >= 15 is 0 Å². The Bertz CT molecular complexity index is 296. The topological polar surface area (TPSA) is 71.8 Å². The van der Waals surface area contributed by atoms with Gasteiger partial charge in [-0.15, -0.1) is 10.2 Å². The minimum atomic E-state index is -0.0111. The number of hydrogen-bond donors (Lipinski definition) is 2. The summed E-state index contributed by atoms with van der Waals surface area (Å²) < 4.78 is 1.86. The third kappa shape index (κ3) is 3.14. The monoisotopic (exact) mass is 197 g/mol. The first kappa shape index (κ1) is 10.6. The number of hydrogen-bond acceptors (Lipinski definition) is 4. The number of carbonyl (C=O) groups is 1. The molecule has 6 heteroatoms. The van der Waals surface area contributed by atoms with E-state index in [2.05, 4.69) is 20.8 Å². The van der Waals surface area contributed by atoms with Gasteiger partial charge in [0.2, 0.25) is 5.91 Å². The van der Waals surface area contributed by atoms with Crippen LogP contribution in [0.5, 0.6) is 0 Å². The maximum Gasteiger partial charge on any atom is 0.233 e. The lowest BCUT2D eigenvalue weighted by atomic mass is 10.4. The fourth-order valence-electron chi connectivity index (χ4n) is 1.02. The van der Waals surface area contributed by atoms with Crippen LogP contribution in [0.15, 0.2) is 6.33 Å². The number of likely N-dealkylation sites (N-methyl/N-ethyl adjacent to an activating group) is 1. The van der Waals surface area contributed by atoms with Crippen LogP contribution in [0.2, 0.25) is 0 Å². The van der Waals surface area contributed by atoms with E-state index in [1.807, 2.05) is 11.6 Å². The number of rotatable bonds is 5. The zero-order valence-corrected chi connectivity index (χ0v) is 8.45. The fraction of sp³-hybridized carbons (Fsp3) is 0.625. The first-order chi connectivity index (χ1) is 6.74. The molecule has 0 aliphatic rings. The maximum atomic E-state index is 10.8. The van der Waals surface area contributed by atoms with Crippen LogP contribution < -0.4 is 10.6 Å². The Balaban J connectivity index is 2.16. The van der Waals surface area contributed by atoms with Gasteiger partial charge in [-0.25, -0.2) is 0 Å². The highest BCUT2D eigenvalue weighted by Crippen LogP contribution is 1.90. The number of amides is 1. The molecule has 0 fully saturated rings. The van der Waals surface area contributed by atoms with Crippen molar-refractivity contribution in [2.24, 2.45) is 7.05 Å². The largest absolute Gasteiger partial charge is 0.358 e. The number of nitrogens with one attached hydrogen (secondary N) is 2. The van der Waals surface area contributed by atoms with Crippen LogP contribution in [-0.4, -0.2) is 40.8 Å². The van der Waals surface area contributed by atoms with Gasteiger partial charge in [0.15, 0.2) is 0 Å². The van der Waals surface area contributed by atoms with Crippen molar-refractivity contribution in [3.63, 3.8) is 0 Å². The van der Waals surface area contributed by atoms with Crippen molar-refractivity contribution >= 4 is 5.91 Å². The molecule has 0 aliphatic heterocycles. The van der Waals surface area contributed by atoms with E-state index in [0.29, 0.717) is 6.54 Å². The normalized spacial score (nSPS) is 10.1. The van der Waals surface area contributed by atoms with Crippen LogP contribution in [-0.2, 0) is 18.3 Å². The molecular weight excluding hydrogens is 182 g/mol. The van der Waals surface area contributed by atoms with Gasteiger partial charge in [-0.05, 0) is 0 Å². The molecule has 14 heavy (non-hydrogen) atoms. The zero-order valence-electron chi connectivity index (χ0n) is 8.45. The summed E-state index contributed by atoms with van der Waals surface area (Å²) in [6.07, 6.45) is 2.43. The molecule has 1 aromatic rings. The van der Waals surface area contributed by atoms with Gasteiger partial charge in [0.1, 0.15) is 12.2 Å². The number of aromatic nitrogens is 3. The Morgan fingerprint density at radius 1 is 1.64 bits per heavy atom. The quantitative estimate of drug-likeness (QED) is 0.575. The minimum Gasteiger partial charge on any atom is -0.358 e. The van der Waals surface area contributed by atoms with Crippen molar-refractivity contribution in [3.8, 4) is 0 Å². The van der Waals surface area contributed by atoms with Crippen LogP contribution in [0.3, 0.4) is 0 Å². The van der Waals surface area contributed by atoms with E-state index in [-0.39, 0.29) is 5.91 Å². The van der Waals surface area contributed by atoms with Crippen molar-refractivity contribution in [1.29, 1.82) is 0 Å². The van der Waals surface area contributed by atoms with Gasteiger partial charge in [0.25, 0.3) is 0 Å². The van der Waals surface area contributed by atoms with Gasteiger partial charge in [-0.2, -0.15) is 0 Å². The summed E-state index contributed by atoms with van der Waals surface area (Å²) in [7, 11) is 3.51. The molecule has 0 bridgehead atoms. The molecule has 78 valence electrons. The molecule has 1 rings (SSSR count). The third-order valence-corrected chi connectivity index (χ3v) is 1.89. The summed E-state index contributed by atoms with van der Waals surface area (Å²) in [4.78, 5) is 10.8. The lowest BCUT2D eigenvalue weighted by Gasteiger charge is -2.02. The zero-order chi connectivity index (χ0) is 10.4. The minimum absolute atomic E-state index is 0.0111. The Labute approximate surface area is 82.7 Å². The molecular formula is C8H15N5O. The van der Waals surface area contributed by atoms with Crippen molar-refractivity contribution in [1.82, 2.24) is 25.4 Å². The highest BCUT2D eigenvalue weighted by molar-refractivity contribution is 5.77. The molecule has 0 atom stereocenters. The smallest absolute Gasteiger partial charge is 0.233 e. The second-order valence-corrected chi connectivity index (χ2v) is 2.96. The Hall–Kier alpha value is -1.43. The fourth-order valence-corrected chi connectivity index (χ4v) is 1.02. The van der Waals surface area contributed by atoms with E-state index in [1.54, 1.807) is 13.4 Å². The molecule has 0 aliphatic carbocycles. The van der Waals surface area contributed by atoms with Crippen molar-refractivity contribution in [2.75, 3.05) is 20.1 Å². The van der Waals surface area contributed by atoms with Crippen molar-refractivity contribution in [3.05, 3.63) is 12.2 Å². The van der Waals surface area contributed by atoms with Crippen LogP contribution in [0, 0.1) is 0 Å². The van der Waals surface area contributed by atoms with E-state index in [4.69, 9.17) is 0 Å². The maximum absolute atomic E-state index is 10.8. The molecule has 1 aromatic heterocycles. The molecule has 0 radical (unpaired) electrons. The van der Waals surface area contributed by atoms with E-state index in [0.717, 1.165) is 18.8 Å². The Morgan fingerprint density at radius 3 is 3.00 bits per heavy atom. The average molecular weight is 197 g/mol. The molecule has 0 saturated carbocycles.